The van der Waals surface area contributed by atoms with E-state index in [0.29, 0.717) is 18.8 Å². The van der Waals surface area contributed by atoms with Crippen LogP contribution in [0.1, 0.15) is 0 Å². The Morgan fingerprint density at radius 2 is 1.85 bits per heavy atom. The topological polar surface area (TPSA) is 110 Å². The quantitative estimate of drug-likeness (QED) is 0.621. The highest BCUT2D eigenvalue weighted by molar-refractivity contribution is 7.89. The van der Waals surface area contributed by atoms with Crippen LogP contribution >= 0.6 is 0 Å². The Morgan fingerprint density at radius 3 is 2.35 bits per heavy atom. The van der Waals surface area contributed by atoms with Crippen molar-refractivity contribution < 1.29 is 13.3 Å². The average molecular weight is 300 g/mol. The first-order valence-electron chi connectivity index (χ1n) is 6.04. The number of nitrogens with two attached hydrogens (primary N) is 1. The number of nitro benzene ring substituents is 1. The molecule has 20 heavy (non-hydrogen) atoms. The first kappa shape index (κ1) is 14.7. The van der Waals surface area contributed by atoms with Crippen LogP contribution in [0.25, 0.3) is 0 Å². The van der Waals surface area contributed by atoms with E-state index in [0.717, 1.165) is 19.2 Å². The fourth-order valence-electron chi connectivity index (χ4n) is 2.14. The zero-order valence-corrected chi connectivity index (χ0v) is 11.8. The number of anilines is 1. The summed E-state index contributed by atoms with van der Waals surface area (Å²) in [5, 5.41) is 16.1. The number of hydrogen-bond donors (Lipinski definition) is 1. The van der Waals surface area contributed by atoms with Crippen LogP contribution in [0.3, 0.4) is 0 Å². The minimum Gasteiger partial charge on any atom is -0.363 e. The Morgan fingerprint density at radius 1 is 1.25 bits per heavy atom. The van der Waals surface area contributed by atoms with Gasteiger partial charge in [0.15, 0.2) is 0 Å². The molecule has 9 heteroatoms. The fraction of sp³-hybridized carbons (Fsp3) is 0.455. The number of benzene rings is 1. The van der Waals surface area contributed by atoms with Crippen molar-refractivity contribution in [3.8, 4) is 0 Å². The number of rotatable bonds is 3. The normalized spacial score (nSPS) is 17.2. The molecule has 0 bridgehead atoms. The van der Waals surface area contributed by atoms with E-state index in [2.05, 4.69) is 4.90 Å². The highest BCUT2D eigenvalue weighted by Crippen LogP contribution is 2.31. The third-order valence-electron chi connectivity index (χ3n) is 3.32. The molecule has 2 N–H and O–H groups in total. The minimum absolute atomic E-state index is 0.235. The molecule has 2 rings (SSSR count). The first-order chi connectivity index (χ1) is 9.29. The van der Waals surface area contributed by atoms with E-state index < -0.39 is 14.9 Å². The number of hydrogen-bond acceptors (Lipinski definition) is 6. The van der Waals surface area contributed by atoms with E-state index in [9.17, 15) is 18.5 Å². The van der Waals surface area contributed by atoms with Crippen molar-refractivity contribution in [1.82, 2.24) is 4.90 Å². The summed E-state index contributed by atoms with van der Waals surface area (Å²) in [5.41, 5.74) is 0.191. The maximum atomic E-state index is 11.3. The van der Waals surface area contributed by atoms with Gasteiger partial charge >= 0.3 is 0 Å². The summed E-state index contributed by atoms with van der Waals surface area (Å²) in [7, 11) is -1.96. The molecule has 0 saturated carbocycles. The summed E-state index contributed by atoms with van der Waals surface area (Å²) in [6.07, 6.45) is 0. The highest BCUT2D eigenvalue weighted by atomic mass is 32.2. The van der Waals surface area contributed by atoms with Gasteiger partial charge < -0.3 is 9.80 Å². The van der Waals surface area contributed by atoms with Gasteiger partial charge in [-0.15, -0.1) is 0 Å². The van der Waals surface area contributed by atoms with Crippen molar-refractivity contribution in [2.45, 2.75) is 4.90 Å². The SMILES string of the molecule is CN1CCN(c2ccc(S(N)(=O)=O)cc2[N+](=O)[O-])CC1. The number of nitro groups is 1. The third kappa shape index (κ3) is 3.06. The zero-order chi connectivity index (χ0) is 14.9. The van der Waals surface area contributed by atoms with Crippen LogP contribution < -0.4 is 10.0 Å². The second-order valence-electron chi connectivity index (χ2n) is 4.74. The van der Waals surface area contributed by atoms with Crippen LogP contribution in [0.5, 0.6) is 0 Å². The predicted molar refractivity (Wildman–Crippen MR) is 74.2 cm³/mol. The van der Waals surface area contributed by atoms with Crippen molar-refractivity contribution in [2.24, 2.45) is 5.14 Å². The molecular weight excluding hydrogens is 284 g/mol. The van der Waals surface area contributed by atoms with E-state index in [1.807, 2.05) is 11.9 Å². The molecular formula is C11H16N4O4S. The maximum Gasteiger partial charge on any atom is 0.293 e. The van der Waals surface area contributed by atoms with Gasteiger partial charge in [0.1, 0.15) is 5.69 Å². The number of nitrogens with zero attached hydrogens (tertiary/aromatic N) is 3. The summed E-state index contributed by atoms with van der Waals surface area (Å²) in [6, 6.07) is 3.77. The lowest BCUT2D eigenvalue weighted by atomic mass is 10.2. The Bertz CT molecular complexity index is 623. The van der Waals surface area contributed by atoms with Crippen LogP contribution in [0.4, 0.5) is 11.4 Å². The largest absolute Gasteiger partial charge is 0.363 e. The Balaban J connectivity index is 2.41. The molecule has 0 aromatic heterocycles. The molecule has 0 aliphatic carbocycles. The monoisotopic (exact) mass is 300 g/mol. The van der Waals surface area contributed by atoms with E-state index in [-0.39, 0.29) is 10.6 Å². The molecule has 1 fully saturated rings. The van der Waals surface area contributed by atoms with Crippen LogP contribution in [-0.4, -0.2) is 51.5 Å². The number of piperazine rings is 1. The second-order valence-corrected chi connectivity index (χ2v) is 6.30. The lowest BCUT2D eigenvalue weighted by Crippen LogP contribution is -2.44. The molecule has 8 nitrogen and oxygen atoms in total. The van der Waals surface area contributed by atoms with Crippen molar-refractivity contribution in [2.75, 3.05) is 38.1 Å². The van der Waals surface area contributed by atoms with Gasteiger partial charge in [-0.3, -0.25) is 10.1 Å². The summed E-state index contributed by atoms with van der Waals surface area (Å²) >= 11 is 0. The van der Waals surface area contributed by atoms with Gasteiger partial charge in [-0.05, 0) is 19.2 Å². The van der Waals surface area contributed by atoms with Crippen molar-refractivity contribution >= 4 is 21.4 Å². The lowest BCUT2D eigenvalue weighted by Gasteiger charge is -2.33. The van der Waals surface area contributed by atoms with Crippen LogP contribution in [0.2, 0.25) is 0 Å². The smallest absolute Gasteiger partial charge is 0.293 e. The molecule has 1 heterocycles. The number of primary sulfonamides is 1. The molecule has 1 aliphatic rings. The zero-order valence-electron chi connectivity index (χ0n) is 11.0. The molecule has 1 saturated heterocycles. The lowest BCUT2D eigenvalue weighted by molar-refractivity contribution is -0.384. The van der Waals surface area contributed by atoms with Gasteiger partial charge in [0.2, 0.25) is 10.0 Å². The van der Waals surface area contributed by atoms with E-state index >= 15 is 0 Å². The molecule has 0 spiro atoms. The molecule has 0 amide bonds. The molecule has 0 radical (unpaired) electrons. The third-order valence-corrected chi connectivity index (χ3v) is 4.23. The van der Waals surface area contributed by atoms with Crippen LogP contribution in [0.15, 0.2) is 23.1 Å². The highest BCUT2D eigenvalue weighted by Gasteiger charge is 2.24. The first-order valence-corrected chi connectivity index (χ1v) is 7.58. The van der Waals surface area contributed by atoms with E-state index in [1.54, 1.807) is 0 Å². The van der Waals surface area contributed by atoms with Crippen LogP contribution in [0, 0.1) is 10.1 Å². The van der Waals surface area contributed by atoms with Gasteiger partial charge in [0.25, 0.3) is 5.69 Å². The number of likely N-dealkylation sites (N-methyl/N-ethyl adjacent to an activating group) is 1. The molecule has 110 valence electrons. The van der Waals surface area contributed by atoms with Gasteiger partial charge in [-0.1, -0.05) is 0 Å². The van der Waals surface area contributed by atoms with Gasteiger partial charge in [0.05, 0.1) is 9.82 Å². The van der Waals surface area contributed by atoms with Gasteiger partial charge in [-0.2, -0.15) is 0 Å². The molecule has 1 aromatic rings. The van der Waals surface area contributed by atoms with E-state index in [1.165, 1.54) is 12.1 Å². The molecule has 0 atom stereocenters. The minimum atomic E-state index is -3.95. The maximum absolute atomic E-state index is 11.3. The standard InChI is InChI=1S/C11H16N4O4S/c1-13-4-6-14(7-5-13)10-3-2-9(20(12,18)19)8-11(10)15(16)17/h2-3,8H,4-7H2,1H3,(H2,12,18,19). The summed E-state index contributed by atoms with van der Waals surface area (Å²) in [6.45, 7) is 2.92. The van der Waals surface area contributed by atoms with Gasteiger partial charge in [0, 0.05) is 32.2 Å². The van der Waals surface area contributed by atoms with Crippen molar-refractivity contribution in [3.05, 3.63) is 28.3 Å². The van der Waals surface area contributed by atoms with Crippen LogP contribution in [-0.2, 0) is 10.0 Å². The molecule has 1 aliphatic heterocycles. The Hall–Kier alpha value is -1.71. The Kier molecular flexibility index (Phi) is 3.93. The van der Waals surface area contributed by atoms with Crippen molar-refractivity contribution in [1.29, 1.82) is 0 Å². The average Bonchev–Trinajstić information content (AvgIpc) is 2.38. The number of sulfonamides is 1. The van der Waals surface area contributed by atoms with E-state index in [4.69, 9.17) is 5.14 Å². The summed E-state index contributed by atoms with van der Waals surface area (Å²) < 4.78 is 22.5. The molecule has 0 unspecified atom stereocenters. The second kappa shape index (κ2) is 5.35. The van der Waals surface area contributed by atoms with Gasteiger partial charge in [-0.25, -0.2) is 13.6 Å². The summed E-state index contributed by atoms with van der Waals surface area (Å²) in [4.78, 5) is 14.3. The molecule has 1 aromatic carbocycles. The Labute approximate surface area is 117 Å². The predicted octanol–water partition coefficient (Wildman–Crippen LogP) is -0.00600. The fourth-order valence-corrected chi connectivity index (χ4v) is 2.67. The van der Waals surface area contributed by atoms with Crippen molar-refractivity contribution in [3.63, 3.8) is 0 Å². The summed E-state index contributed by atoms with van der Waals surface area (Å²) in [5.74, 6) is 0.